The molecule has 0 radical (unpaired) electrons. The van der Waals surface area contributed by atoms with Crippen LogP contribution in [0.25, 0.3) is 0 Å². The molecule has 7 nitrogen and oxygen atoms in total. The highest BCUT2D eigenvalue weighted by Crippen LogP contribution is 2.35. The highest BCUT2D eigenvalue weighted by atomic mass is 35.5. The molecule has 3 rings (SSSR count). The Morgan fingerprint density at radius 2 is 1.97 bits per heavy atom. The number of aromatic nitrogens is 1. The summed E-state index contributed by atoms with van der Waals surface area (Å²) in [6.07, 6.45) is 3.06. The van der Waals surface area contributed by atoms with Gasteiger partial charge in [0.2, 0.25) is 0 Å². The third-order valence-corrected chi connectivity index (χ3v) is 4.66. The number of methoxy groups -OCH3 is 1. The topological polar surface area (TPSA) is 81.9 Å². The molecule has 0 unspecified atom stereocenters. The van der Waals surface area contributed by atoms with Crippen LogP contribution in [0.15, 0.2) is 70.7 Å². The Labute approximate surface area is 184 Å². The van der Waals surface area contributed by atoms with E-state index in [1.165, 1.54) is 24.0 Å². The minimum atomic E-state index is -0.603. The third kappa shape index (κ3) is 5.52. The van der Waals surface area contributed by atoms with Crippen molar-refractivity contribution < 1.29 is 14.3 Å². The Bertz CT molecular complexity index is 1140. The molecule has 160 valence electrons. The van der Waals surface area contributed by atoms with Crippen molar-refractivity contribution in [3.8, 4) is 11.5 Å². The van der Waals surface area contributed by atoms with Crippen LogP contribution in [0.4, 0.5) is 0 Å². The fraction of sp³-hybridized carbons (Fsp3) is 0.174. The van der Waals surface area contributed by atoms with Crippen LogP contribution in [-0.4, -0.2) is 30.4 Å². The van der Waals surface area contributed by atoms with Crippen molar-refractivity contribution in [2.24, 2.45) is 5.10 Å². The zero-order valence-electron chi connectivity index (χ0n) is 17.2. The van der Waals surface area contributed by atoms with Crippen LogP contribution < -0.4 is 20.5 Å². The molecule has 0 spiro atoms. The normalized spacial score (nSPS) is 10.8. The van der Waals surface area contributed by atoms with Gasteiger partial charge in [-0.25, -0.2) is 5.43 Å². The maximum absolute atomic E-state index is 12.7. The van der Waals surface area contributed by atoms with E-state index in [0.29, 0.717) is 35.2 Å². The van der Waals surface area contributed by atoms with Gasteiger partial charge in [0.15, 0.2) is 11.5 Å². The molecule has 1 N–H and O–H groups in total. The molecule has 0 aliphatic rings. The lowest BCUT2D eigenvalue weighted by molar-refractivity contribution is 0.0953. The van der Waals surface area contributed by atoms with Crippen LogP contribution >= 0.6 is 11.6 Å². The van der Waals surface area contributed by atoms with Gasteiger partial charge < -0.3 is 14.0 Å². The molecule has 31 heavy (non-hydrogen) atoms. The fourth-order valence-electron chi connectivity index (χ4n) is 2.96. The number of nitrogens with zero attached hydrogens (tertiary/aromatic N) is 2. The highest BCUT2D eigenvalue weighted by molar-refractivity contribution is 6.32. The van der Waals surface area contributed by atoms with Gasteiger partial charge in [-0.05, 0) is 42.3 Å². The van der Waals surface area contributed by atoms with E-state index < -0.39 is 11.5 Å². The molecule has 1 aromatic heterocycles. The summed E-state index contributed by atoms with van der Waals surface area (Å²) < 4.78 is 12.2. The maximum Gasteiger partial charge on any atom is 0.276 e. The number of hydrogen-bond acceptors (Lipinski definition) is 5. The average Bonchev–Trinajstić information content (AvgIpc) is 2.76. The predicted octanol–water partition coefficient (Wildman–Crippen LogP) is 3.72. The summed E-state index contributed by atoms with van der Waals surface area (Å²) in [5, 5.41) is 4.30. The van der Waals surface area contributed by atoms with Gasteiger partial charge in [-0.3, -0.25) is 9.59 Å². The van der Waals surface area contributed by atoms with Crippen LogP contribution in [0.5, 0.6) is 11.5 Å². The molecule has 0 atom stereocenters. The first kappa shape index (κ1) is 22.1. The SMILES string of the molecule is CCOc1cc(/C=N\NC(=O)c2cccn(Cc3ccccc3)c2=O)cc(Cl)c1OC. The first-order chi connectivity index (χ1) is 15.0. The molecule has 0 saturated heterocycles. The van der Waals surface area contributed by atoms with E-state index in [9.17, 15) is 9.59 Å². The largest absolute Gasteiger partial charge is 0.491 e. The van der Waals surface area contributed by atoms with Gasteiger partial charge in [0, 0.05) is 6.20 Å². The number of pyridine rings is 1. The second kappa shape index (κ2) is 10.4. The van der Waals surface area contributed by atoms with Crippen molar-refractivity contribution in [3.05, 3.63) is 92.9 Å². The Balaban J connectivity index is 1.75. The number of nitrogens with one attached hydrogen (secondary N) is 1. The number of rotatable bonds is 8. The van der Waals surface area contributed by atoms with Crippen molar-refractivity contribution in [2.75, 3.05) is 13.7 Å². The standard InChI is InChI=1S/C23H22ClN3O4/c1-3-31-20-13-17(12-19(24)21(20)30-2)14-25-26-22(28)18-10-7-11-27(23(18)29)15-16-8-5-4-6-9-16/h4-14H,3,15H2,1-2H3,(H,26,28)/b25-14-. The summed E-state index contributed by atoms with van der Waals surface area (Å²) in [4.78, 5) is 25.2. The van der Waals surface area contributed by atoms with Crippen molar-refractivity contribution >= 4 is 23.7 Å². The number of ether oxygens (including phenoxy) is 2. The Morgan fingerprint density at radius 1 is 1.19 bits per heavy atom. The zero-order valence-corrected chi connectivity index (χ0v) is 17.9. The van der Waals surface area contributed by atoms with Crippen LogP contribution in [0.1, 0.15) is 28.4 Å². The van der Waals surface area contributed by atoms with Gasteiger partial charge in [-0.1, -0.05) is 41.9 Å². The van der Waals surface area contributed by atoms with Crippen molar-refractivity contribution in [2.45, 2.75) is 13.5 Å². The van der Waals surface area contributed by atoms with E-state index in [1.807, 2.05) is 37.3 Å². The van der Waals surface area contributed by atoms with Gasteiger partial charge >= 0.3 is 0 Å². The second-order valence-electron chi connectivity index (χ2n) is 6.51. The van der Waals surface area contributed by atoms with Gasteiger partial charge in [0.1, 0.15) is 5.56 Å². The molecular formula is C23H22ClN3O4. The lowest BCUT2D eigenvalue weighted by atomic mass is 10.2. The molecule has 0 fully saturated rings. The summed E-state index contributed by atoms with van der Waals surface area (Å²) in [6.45, 7) is 2.65. The number of carbonyl (C=O) groups excluding carboxylic acids is 1. The van der Waals surface area contributed by atoms with E-state index in [0.717, 1.165) is 5.56 Å². The molecular weight excluding hydrogens is 418 g/mol. The van der Waals surface area contributed by atoms with E-state index in [1.54, 1.807) is 24.4 Å². The second-order valence-corrected chi connectivity index (χ2v) is 6.91. The third-order valence-electron chi connectivity index (χ3n) is 4.38. The molecule has 0 saturated carbocycles. The monoisotopic (exact) mass is 439 g/mol. The molecule has 0 aliphatic heterocycles. The van der Waals surface area contributed by atoms with Crippen molar-refractivity contribution in [1.82, 2.24) is 9.99 Å². The van der Waals surface area contributed by atoms with Crippen molar-refractivity contribution in [1.29, 1.82) is 0 Å². The number of halogens is 1. The maximum atomic E-state index is 12.7. The first-order valence-electron chi connectivity index (χ1n) is 9.60. The smallest absolute Gasteiger partial charge is 0.276 e. The van der Waals surface area contributed by atoms with Gasteiger partial charge in [0.05, 0.1) is 31.5 Å². The minimum absolute atomic E-state index is 0.00153. The number of hydrazone groups is 1. The zero-order chi connectivity index (χ0) is 22.2. The molecule has 1 heterocycles. The van der Waals surface area contributed by atoms with E-state index >= 15 is 0 Å². The summed E-state index contributed by atoms with van der Waals surface area (Å²) in [6, 6.07) is 16.0. The summed E-state index contributed by atoms with van der Waals surface area (Å²) in [5.41, 5.74) is 3.54. The fourth-order valence-corrected chi connectivity index (χ4v) is 3.26. The first-order valence-corrected chi connectivity index (χ1v) is 9.98. The molecule has 0 bridgehead atoms. The Kier molecular flexibility index (Phi) is 7.45. The Morgan fingerprint density at radius 3 is 2.68 bits per heavy atom. The van der Waals surface area contributed by atoms with E-state index in [4.69, 9.17) is 21.1 Å². The van der Waals surface area contributed by atoms with E-state index in [2.05, 4.69) is 10.5 Å². The average molecular weight is 440 g/mol. The van der Waals surface area contributed by atoms with Crippen molar-refractivity contribution in [3.63, 3.8) is 0 Å². The summed E-state index contributed by atoms with van der Waals surface area (Å²) >= 11 is 6.21. The molecule has 2 aromatic carbocycles. The van der Waals surface area contributed by atoms with Crippen LogP contribution in [0, 0.1) is 0 Å². The predicted molar refractivity (Wildman–Crippen MR) is 120 cm³/mol. The molecule has 0 aliphatic carbocycles. The van der Waals surface area contributed by atoms with Gasteiger partial charge in [-0.2, -0.15) is 5.10 Å². The molecule has 3 aromatic rings. The molecule has 1 amide bonds. The number of carbonyl (C=O) groups is 1. The molecule has 8 heteroatoms. The van der Waals surface area contributed by atoms with Crippen LogP contribution in [0.2, 0.25) is 5.02 Å². The van der Waals surface area contributed by atoms with Crippen LogP contribution in [-0.2, 0) is 6.54 Å². The quantitative estimate of drug-likeness (QED) is 0.428. The van der Waals surface area contributed by atoms with E-state index in [-0.39, 0.29) is 5.56 Å². The number of amides is 1. The lowest BCUT2D eigenvalue weighted by Crippen LogP contribution is -2.30. The van der Waals surface area contributed by atoms with Crippen LogP contribution in [0.3, 0.4) is 0 Å². The highest BCUT2D eigenvalue weighted by Gasteiger charge is 2.13. The van der Waals surface area contributed by atoms with Gasteiger partial charge in [-0.15, -0.1) is 0 Å². The summed E-state index contributed by atoms with van der Waals surface area (Å²) in [7, 11) is 1.50. The van der Waals surface area contributed by atoms with Gasteiger partial charge in [0.25, 0.3) is 11.5 Å². The minimum Gasteiger partial charge on any atom is -0.491 e. The summed E-state index contributed by atoms with van der Waals surface area (Å²) in [5.74, 6) is 0.290. The number of benzene rings is 2. The number of hydrogen-bond donors (Lipinski definition) is 1. The lowest BCUT2D eigenvalue weighted by Gasteiger charge is -2.11. The Hall–Kier alpha value is -3.58.